The van der Waals surface area contributed by atoms with E-state index in [1.165, 1.54) is 12.1 Å². The van der Waals surface area contributed by atoms with Crippen LogP contribution < -0.4 is 4.74 Å². The molecule has 100 valence electrons. The lowest BCUT2D eigenvalue weighted by Gasteiger charge is -2.09. The molecule has 1 aromatic heterocycles. The van der Waals surface area contributed by atoms with E-state index in [4.69, 9.17) is 16.3 Å². The summed E-state index contributed by atoms with van der Waals surface area (Å²) < 4.78 is 42.5. The highest BCUT2D eigenvalue weighted by molar-refractivity contribution is 6.29. The van der Waals surface area contributed by atoms with Gasteiger partial charge in [0.1, 0.15) is 5.75 Å². The van der Waals surface area contributed by atoms with Crippen LogP contribution in [0.4, 0.5) is 13.2 Å². The Morgan fingerprint density at radius 1 is 1.16 bits per heavy atom. The van der Waals surface area contributed by atoms with E-state index in [1.807, 2.05) is 0 Å². The van der Waals surface area contributed by atoms with Crippen LogP contribution in [0.5, 0.6) is 17.4 Å². The van der Waals surface area contributed by atoms with Crippen LogP contribution in [-0.4, -0.2) is 15.3 Å². The first-order valence-corrected chi connectivity index (χ1v) is 5.31. The summed E-state index contributed by atoms with van der Waals surface area (Å²) in [5.74, 6) is -0.872. The van der Waals surface area contributed by atoms with Crippen molar-refractivity contribution in [1.29, 1.82) is 0 Å². The third-order valence-electron chi connectivity index (χ3n) is 2.09. The molecule has 0 saturated carbocycles. The Labute approximate surface area is 110 Å². The van der Waals surface area contributed by atoms with E-state index in [9.17, 15) is 18.3 Å². The van der Waals surface area contributed by atoms with Gasteiger partial charge < -0.3 is 9.84 Å². The third-order valence-corrected chi connectivity index (χ3v) is 2.27. The van der Waals surface area contributed by atoms with Gasteiger partial charge in [-0.05, 0) is 18.2 Å². The molecule has 19 heavy (non-hydrogen) atoms. The number of aromatic hydroxyl groups is 1. The minimum Gasteiger partial charge on any atom is -0.503 e. The van der Waals surface area contributed by atoms with Crippen LogP contribution >= 0.6 is 11.6 Å². The van der Waals surface area contributed by atoms with Crippen molar-refractivity contribution in [3.63, 3.8) is 0 Å². The standard InChI is InChI=1S/C11H6ClF3N2O2/c12-9-5-8(18)10(17-16-9)19-7-3-1-2-6(4-7)11(13,14)15/h1-5H,(H,16,18). The van der Waals surface area contributed by atoms with Crippen LogP contribution in [0.1, 0.15) is 5.56 Å². The molecule has 0 aliphatic heterocycles. The molecule has 0 atom stereocenters. The average molecular weight is 291 g/mol. The Bertz CT molecular complexity index is 605. The van der Waals surface area contributed by atoms with E-state index in [0.717, 1.165) is 18.2 Å². The summed E-state index contributed by atoms with van der Waals surface area (Å²) in [6.07, 6.45) is -4.48. The Balaban J connectivity index is 2.29. The van der Waals surface area contributed by atoms with Crippen LogP contribution in [-0.2, 0) is 6.18 Å². The summed E-state index contributed by atoms with van der Waals surface area (Å²) in [7, 11) is 0. The van der Waals surface area contributed by atoms with Gasteiger partial charge in [0, 0.05) is 6.07 Å². The third kappa shape index (κ3) is 3.25. The van der Waals surface area contributed by atoms with E-state index in [1.54, 1.807) is 0 Å². The largest absolute Gasteiger partial charge is 0.503 e. The second-order valence-electron chi connectivity index (χ2n) is 3.49. The maximum Gasteiger partial charge on any atom is 0.416 e. The topological polar surface area (TPSA) is 55.2 Å². The maximum absolute atomic E-state index is 12.5. The van der Waals surface area contributed by atoms with Gasteiger partial charge in [-0.25, -0.2) is 0 Å². The van der Waals surface area contributed by atoms with Gasteiger partial charge in [-0.2, -0.15) is 13.2 Å². The predicted octanol–water partition coefficient (Wildman–Crippen LogP) is 3.65. The lowest BCUT2D eigenvalue weighted by Crippen LogP contribution is -2.04. The van der Waals surface area contributed by atoms with Gasteiger partial charge in [-0.15, -0.1) is 10.2 Å². The average Bonchev–Trinajstić information content (AvgIpc) is 2.32. The van der Waals surface area contributed by atoms with Gasteiger partial charge >= 0.3 is 6.18 Å². The molecule has 0 radical (unpaired) electrons. The molecule has 2 rings (SSSR count). The number of halogens is 4. The van der Waals surface area contributed by atoms with Crippen molar-refractivity contribution in [2.24, 2.45) is 0 Å². The van der Waals surface area contributed by atoms with Crippen molar-refractivity contribution < 1.29 is 23.0 Å². The molecule has 1 N–H and O–H groups in total. The summed E-state index contributed by atoms with van der Waals surface area (Å²) in [5.41, 5.74) is -0.869. The molecule has 1 aromatic carbocycles. The molecule has 0 fully saturated rings. The normalized spacial score (nSPS) is 11.4. The van der Waals surface area contributed by atoms with Crippen LogP contribution in [0.15, 0.2) is 30.3 Å². The van der Waals surface area contributed by atoms with E-state index >= 15 is 0 Å². The first kappa shape index (κ1) is 13.4. The maximum atomic E-state index is 12.5. The fourth-order valence-electron chi connectivity index (χ4n) is 1.27. The zero-order valence-corrected chi connectivity index (χ0v) is 9.90. The van der Waals surface area contributed by atoms with E-state index < -0.39 is 17.5 Å². The van der Waals surface area contributed by atoms with Crippen molar-refractivity contribution in [3.05, 3.63) is 41.0 Å². The van der Waals surface area contributed by atoms with Crippen molar-refractivity contribution in [2.75, 3.05) is 0 Å². The van der Waals surface area contributed by atoms with Crippen LogP contribution in [0.3, 0.4) is 0 Å². The smallest absolute Gasteiger partial charge is 0.416 e. The van der Waals surface area contributed by atoms with Gasteiger partial charge in [0.25, 0.3) is 5.88 Å². The molecule has 0 unspecified atom stereocenters. The van der Waals surface area contributed by atoms with Crippen LogP contribution in [0.25, 0.3) is 0 Å². The van der Waals surface area contributed by atoms with Gasteiger partial charge in [0.05, 0.1) is 5.56 Å². The molecule has 0 aliphatic carbocycles. The summed E-state index contributed by atoms with van der Waals surface area (Å²) in [5, 5.41) is 16.2. The second kappa shape index (κ2) is 4.93. The summed E-state index contributed by atoms with van der Waals surface area (Å²) in [6, 6.07) is 5.23. The minimum atomic E-state index is -4.48. The molecule has 1 heterocycles. The molecule has 0 saturated heterocycles. The van der Waals surface area contributed by atoms with Gasteiger partial charge in [0.15, 0.2) is 10.9 Å². The Hall–Kier alpha value is -2.02. The number of nitrogens with zero attached hydrogens (tertiary/aromatic N) is 2. The molecule has 0 spiro atoms. The number of ether oxygens (including phenoxy) is 1. The number of hydrogen-bond donors (Lipinski definition) is 1. The Morgan fingerprint density at radius 2 is 1.89 bits per heavy atom. The molecule has 8 heteroatoms. The van der Waals surface area contributed by atoms with Crippen molar-refractivity contribution in [2.45, 2.75) is 6.18 Å². The highest BCUT2D eigenvalue weighted by Gasteiger charge is 2.30. The first-order chi connectivity index (χ1) is 8.86. The monoisotopic (exact) mass is 290 g/mol. The van der Waals surface area contributed by atoms with Crippen molar-refractivity contribution in [3.8, 4) is 17.4 Å². The number of hydrogen-bond acceptors (Lipinski definition) is 4. The van der Waals surface area contributed by atoms with Gasteiger partial charge in [-0.1, -0.05) is 17.7 Å². The molecular weight excluding hydrogens is 285 g/mol. The SMILES string of the molecule is Oc1cc(Cl)nnc1Oc1cccc(C(F)(F)F)c1. The molecule has 0 aliphatic rings. The Kier molecular flexibility index (Phi) is 3.48. The highest BCUT2D eigenvalue weighted by atomic mass is 35.5. The van der Waals surface area contributed by atoms with E-state index in [2.05, 4.69) is 10.2 Å². The highest BCUT2D eigenvalue weighted by Crippen LogP contribution is 2.34. The fraction of sp³-hybridized carbons (Fsp3) is 0.0909. The second-order valence-corrected chi connectivity index (χ2v) is 3.87. The number of aromatic nitrogens is 2. The quantitative estimate of drug-likeness (QED) is 0.917. The van der Waals surface area contributed by atoms with Gasteiger partial charge in [0.2, 0.25) is 0 Å². The lowest BCUT2D eigenvalue weighted by molar-refractivity contribution is -0.137. The molecule has 0 amide bonds. The zero-order valence-electron chi connectivity index (χ0n) is 9.15. The number of benzene rings is 1. The Morgan fingerprint density at radius 3 is 2.53 bits per heavy atom. The number of rotatable bonds is 2. The van der Waals surface area contributed by atoms with Crippen molar-refractivity contribution in [1.82, 2.24) is 10.2 Å². The summed E-state index contributed by atoms with van der Waals surface area (Å²) in [6.45, 7) is 0. The molecule has 0 bridgehead atoms. The molecule has 4 nitrogen and oxygen atoms in total. The summed E-state index contributed by atoms with van der Waals surface area (Å²) >= 11 is 5.47. The van der Waals surface area contributed by atoms with Crippen molar-refractivity contribution >= 4 is 11.6 Å². The van der Waals surface area contributed by atoms with E-state index in [0.29, 0.717) is 0 Å². The number of alkyl halides is 3. The zero-order chi connectivity index (χ0) is 14.0. The molecular formula is C11H6ClF3N2O2. The first-order valence-electron chi connectivity index (χ1n) is 4.93. The minimum absolute atomic E-state index is 0.0612. The fourth-order valence-corrected chi connectivity index (χ4v) is 1.41. The van der Waals surface area contributed by atoms with E-state index in [-0.39, 0.29) is 16.8 Å². The summed E-state index contributed by atoms with van der Waals surface area (Å²) in [4.78, 5) is 0. The van der Waals surface area contributed by atoms with Crippen LogP contribution in [0, 0.1) is 0 Å². The predicted molar refractivity (Wildman–Crippen MR) is 60.2 cm³/mol. The van der Waals surface area contributed by atoms with Crippen LogP contribution in [0.2, 0.25) is 5.15 Å². The molecule has 2 aromatic rings. The lowest BCUT2D eigenvalue weighted by atomic mass is 10.2. The van der Waals surface area contributed by atoms with Gasteiger partial charge in [-0.3, -0.25) is 0 Å².